The lowest BCUT2D eigenvalue weighted by Crippen LogP contribution is -2.49. The number of fused-ring (bicyclic) bond motifs is 1. The molecule has 0 bridgehead atoms. The van der Waals surface area contributed by atoms with Crippen LogP contribution in [0.5, 0.6) is 11.5 Å². The molecule has 3 rings (SSSR count). The number of amides is 2. The zero-order valence-corrected chi connectivity index (χ0v) is 21.9. The van der Waals surface area contributed by atoms with E-state index in [2.05, 4.69) is 5.32 Å². The molecule has 10 heteroatoms. The van der Waals surface area contributed by atoms with E-state index in [-0.39, 0.29) is 31.6 Å². The Kier molecular flexibility index (Phi) is 9.58. The first kappa shape index (κ1) is 27.3. The van der Waals surface area contributed by atoms with Crippen molar-refractivity contribution in [1.82, 2.24) is 10.2 Å². The van der Waals surface area contributed by atoms with Gasteiger partial charge in [-0.25, -0.2) is 8.42 Å². The molecule has 0 saturated heterocycles. The standard InChI is InChI=1S/C26H35N3O6S/c1-4-15-27-26(31)22(5-2)28(18-20-10-7-6-8-11-20)25(30)12-9-16-29(36(3,32)33)21-13-14-23-24(17-21)35-19-34-23/h6-8,10-11,13-14,17,22H,4-5,9,12,15-16,18-19H2,1-3H3,(H,27,31). The van der Waals surface area contributed by atoms with Crippen molar-refractivity contribution in [3.8, 4) is 11.5 Å². The molecule has 196 valence electrons. The fourth-order valence-electron chi connectivity index (χ4n) is 4.11. The van der Waals surface area contributed by atoms with Gasteiger partial charge < -0.3 is 19.7 Å². The molecule has 9 nitrogen and oxygen atoms in total. The Morgan fingerprint density at radius 3 is 2.44 bits per heavy atom. The molecular weight excluding hydrogens is 482 g/mol. The first-order valence-corrected chi connectivity index (χ1v) is 14.1. The van der Waals surface area contributed by atoms with Crippen molar-refractivity contribution in [2.24, 2.45) is 0 Å². The lowest BCUT2D eigenvalue weighted by atomic mass is 10.1. The van der Waals surface area contributed by atoms with E-state index < -0.39 is 16.1 Å². The van der Waals surface area contributed by atoms with Crippen LogP contribution in [0.1, 0.15) is 45.1 Å². The highest BCUT2D eigenvalue weighted by atomic mass is 32.2. The predicted octanol–water partition coefficient (Wildman–Crippen LogP) is 3.30. The maximum atomic E-state index is 13.4. The highest BCUT2D eigenvalue weighted by Gasteiger charge is 2.29. The second-order valence-electron chi connectivity index (χ2n) is 8.70. The van der Waals surface area contributed by atoms with E-state index in [1.54, 1.807) is 23.1 Å². The van der Waals surface area contributed by atoms with E-state index in [4.69, 9.17) is 9.47 Å². The number of nitrogens with one attached hydrogen (secondary N) is 1. The molecular formula is C26H35N3O6S. The zero-order valence-electron chi connectivity index (χ0n) is 21.1. The summed E-state index contributed by atoms with van der Waals surface area (Å²) in [6, 6.07) is 13.9. The Morgan fingerprint density at radius 2 is 1.78 bits per heavy atom. The molecule has 2 aromatic rings. The van der Waals surface area contributed by atoms with Gasteiger partial charge in [-0.15, -0.1) is 0 Å². The molecule has 0 fully saturated rings. The molecule has 1 atom stereocenters. The first-order valence-electron chi connectivity index (χ1n) is 12.2. The minimum absolute atomic E-state index is 0.0911. The van der Waals surface area contributed by atoms with Crippen molar-refractivity contribution in [3.05, 3.63) is 54.1 Å². The number of anilines is 1. The number of hydrogen-bond acceptors (Lipinski definition) is 6. The maximum Gasteiger partial charge on any atom is 0.242 e. The summed E-state index contributed by atoms with van der Waals surface area (Å²) in [6.45, 7) is 4.90. The molecule has 2 amide bonds. The average Bonchev–Trinajstić information content (AvgIpc) is 3.33. The summed E-state index contributed by atoms with van der Waals surface area (Å²) in [5.41, 5.74) is 1.37. The monoisotopic (exact) mass is 517 g/mol. The lowest BCUT2D eigenvalue weighted by molar-refractivity contribution is -0.141. The van der Waals surface area contributed by atoms with Crippen molar-refractivity contribution in [3.63, 3.8) is 0 Å². The van der Waals surface area contributed by atoms with Crippen molar-refractivity contribution in [2.45, 2.75) is 52.1 Å². The number of hydrogen-bond donors (Lipinski definition) is 1. The molecule has 1 N–H and O–H groups in total. The van der Waals surface area contributed by atoms with Gasteiger partial charge in [0.05, 0.1) is 11.9 Å². The van der Waals surface area contributed by atoms with E-state index in [1.165, 1.54) is 4.31 Å². The number of carbonyl (C=O) groups is 2. The summed E-state index contributed by atoms with van der Waals surface area (Å²) in [6.07, 6.45) is 2.79. The lowest BCUT2D eigenvalue weighted by Gasteiger charge is -2.31. The molecule has 2 aromatic carbocycles. The van der Waals surface area contributed by atoms with Gasteiger partial charge in [-0.2, -0.15) is 0 Å². The van der Waals surface area contributed by atoms with Crippen LogP contribution in [0, 0.1) is 0 Å². The normalized spacial score (nSPS) is 13.2. The molecule has 0 saturated carbocycles. The second kappa shape index (κ2) is 12.6. The van der Waals surface area contributed by atoms with Crippen LogP contribution in [0.25, 0.3) is 0 Å². The Balaban J connectivity index is 1.73. The molecule has 0 aromatic heterocycles. The number of benzene rings is 2. The van der Waals surface area contributed by atoms with E-state index >= 15 is 0 Å². The Morgan fingerprint density at radius 1 is 1.06 bits per heavy atom. The van der Waals surface area contributed by atoms with Crippen LogP contribution in [0.3, 0.4) is 0 Å². The maximum absolute atomic E-state index is 13.4. The number of sulfonamides is 1. The van der Waals surface area contributed by atoms with Gasteiger partial charge in [-0.1, -0.05) is 44.2 Å². The van der Waals surface area contributed by atoms with Crippen molar-refractivity contribution >= 4 is 27.5 Å². The van der Waals surface area contributed by atoms with Gasteiger partial charge in [-0.05, 0) is 37.0 Å². The number of carbonyl (C=O) groups excluding carboxylic acids is 2. The van der Waals surface area contributed by atoms with Crippen LogP contribution < -0.4 is 19.1 Å². The molecule has 0 aliphatic carbocycles. The quantitative estimate of drug-likeness (QED) is 0.437. The van der Waals surface area contributed by atoms with Gasteiger partial charge in [0.25, 0.3) is 0 Å². The summed E-state index contributed by atoms with van der Waals surface area (Å²) in [5, 5.41) is 2.90. The summed E-state index contributed by atoms with van der Waals surface area (Å²) in [7, 11) is -3.60. The third-order valence-electron chi connectivity index (χ3n) is 5.93. The number of ether oxygens (including phenoxy) is 2. The molecule has 0 spiro atoms. The SMILES string of the molecule is CCCNC(=O)C(CC)N(Cc1ccccc1)C(=O)CCCN(c1ccc2c(c1)OCO2)S(C)(=O)=O. The first-order chi connectivity index (χ1) is 17.2. The van der Waals surface area contributed by atoms with Crippen molar-refractivity contribution in [1.29, 1.82) is 0 Å². The van der Waals surface area contributed by atoms with Crippen molar-refractivity contribution in [2.75, 3.05) is 30.4 Å². The third kappa shape index (κ3) is 7.13. The highest BCUT2D eigenvalue weighted by molar-refractivity contribution is 7.92. The Hall–Kier alpha value is -3.27. The minimum Gasteiger partial charge on any atom is -0.454 e. The Labute approximate surface area is 213 Å². The van der Waals surface area contributed by atoms with E-state index in [0.29, 0.717) is 43.1 Å². The highest BCUT2D eigenvalue weighted by Crippen LogP contribution is 2.36. The summed E-state index contributed by atoms with van der Waals surface area (Å²) in [5.74, 6) is 0.666. The third-order valence-corrected chi connectivity index (χ3v) is 7.12. The average molecular weight is 518 g/mol. The summed E-state index contributed by atoms with van der Waals surface area (Å²) < 4.78 is 37.0. The molecule has 0 radical (unpaired) electrons. The fourth-order valence-corrected chi connectivity index (χ4v) is 5.07. The smallest absolute Gasteiger partial charge is 0.242 e. The summed E-state index contributed by atoms with van der Waals surface area (Å²) >= 11 is 0. The van der Waals surface area contributed by atoms with E-state index in [9.17, 15) is 18.0 Å². The van der Waals surface area contributed by atoms with Gasteiger partial charge in [-0.3, -0.25) is 13.9 Å². The largest absolute Gasteiger partial charge is 0.454 e. The predicted molar refractivity (Wildman–Crippen MR) is 138 cm³/mol. The molecule has 1 heterocycles. The topological polar surface area (TPSA) is 105 Å². The van der Waals surface area contributed by atoms with Gasteiger partial charge in [0.2, 0.25) is 28.6 Å². The van der Waals surface area contributed by atoms with Gasteiger partial charge in [0.1, 0.15) is 6.04 Å². The summed E-state index contributed by atoms with van der Waals surface area (Å²) in [4.78, 5) is 27.8. The molecule has 1 unspecified atom stereocenters. The van der Waals surface area contributed by atoms with Gasteiger partial charge >= 0.3 is 0 Å². The van der Waals surface area contributed by atoms with Crippen molar-refractivity contribution < 1.29 is 27.5 Å². The van der Waals surface area contributed by atoms with Crippen LogP contribution in [-0.2, 0) is 26.2 Å². The van der Waals surface area contributed by atoms with E-state index in [1.807, 2.05) is 44.2 Å². The van der Waals surface area contributed by atoms with Gasteiger partial charge in [0.15, 0.2) is 11.5 Å². The molecule has 36 heavy (non-hydrogen) atoms. The van der Waals surface area contributed by atoms with Gasteiger partial charge in [0, 0.05) is 32.1 Å². The number of nitrogens with zero attached hydrogens (tertiary/aromatic N) is 2. The Bertz CT molecular complexity index is 1140. The van der Waals surface area contributed by atoms with E-state index in [0.717, 1.165) is 18.2 Å². The fraction of sp³-hybridized carbons (Fsp3) is 0.462. The second-order valence-corrected chi connectivity index (χ2v) is 10.6. The molecule has 1 aliphatic rings. The minimum atomic E-state index is -3.60. The number of rotatable bonds is 13. The van der Waals surface area contributed by atoms with Crippen LogP contribution >= 0.6 is 0 Å². The van der Waals surface area contributed by atoms with Crippen LogP contribution in [0.15, 0.2) is 48.5 Å². The van der Waals surface area contributed by atoms with Crippen LogP contribution in [0.2, 0.25) is 0 Å². The molecule has 1 aliphatic heterocycles. The zero-order chi connectivity index (χ0) is 26.1. The van der Waals surface area contributed by atoms with Crippen LogP contribution in [0.4, 0.5) is 5.69 Å². The van der Waals surface area contributed by atoms with Crippen LogP contribution in [-0.4, -0.2) is 57.3 Å².